The van der Waals surface area contributed by atoms with Crippen LogP contribution in [-0.4, -0.2) is 14.5 Å². The van der Waals surface area contributed by atoms with E-state index in [2.05, 4.69) is 138 Å². The van der Waals surface area contributed by atoms with Gasteiger partial charge in [0.25, 0.3) is 0 Å². The Labute approximate surface area is 283 Å². The van der Waals surface area contributed by atoms with Crippen molar-refractivity contribution in [1.29, 1.82) is 0 Å². The van der Waals surface area contributed by atoms with E-state index in [-0.39, 0.29) is 0 Å². The standard InChI is InChI=1S/C44H33N3S/c1-2-10-28(11-3-1)29-18-20-30(21-19-29)43-36-14-4-7-15-38(36)45-44(46-43)47-39-16-8-5-12-33(39)34-24-22-32(27-40(34)47)31-23-25-42-37(26-31)35-13-6-9-17-41(35)48-42/h1-10,12-21,26-28H,11,22-25H2. The Kier molecular flexibility index (Phi) is 6.44. The predicted octanol–water partition coefficient (Wildman–Crippen LogP) is 11.4. The Morgan fingerprint density at radius 1 is 0.667 bits per heavy atom. The molecule has 3 aromatic heterocycles. The number of para-hydroxylation sites is 2. The fourth-order valence-corrected chi connectivity index (χ4v) is 9.20. The summed E-state index contributed by atoms with van der Waals surface area (Å²) in [5.74, 6) is 1.15. The van der Waals surface area contributed by atoms with Gasteiger partial charge in [0, 0.05) is 31.8 Å². The van der Waals surface area contributed by atoms with Gasteiger partial charge in [0.15, 0.2) is 0 Å². The topological polar surface area (TPSA) is 30.7 Å². The molecule has 3 nitrogen and oxygen atoms in total. The third-order valence-electron chi connectivity index (χ3n) is 10.4. The molecule has 48 heavy (non-hydrogen) atoms. The van der Waals surface area contributed by atoms with Gasteiger partial charge < -0.3 is 0 Å². The van der Waals surface area contributed by atoms with Gasteiger partial charge in [-0.2, -0.15) is 0 Å². The molecule has 7 aromatic rings. The van der Waals surface area contributed by atoms with E-state index in [9.17, 15) is 0 Å². The average molecular weight is 636 g/mol. The van der Waals surface area contributed by atoms with Crippen molar-refractivity contribution >= 4 is 55.4 Å². The fourth-order valence-electron chi connectivity index (χ4n) is 8.01. The maximum Gasteiger partial charge on any atom is 0.235 e. The van der Waals surface area contributed by atoms with Crippen LogP contribution in [0.1, 0.15) is 52.4 Å². The highest BCUT2D eigenvalue weighted by Crippen LogP contribution is 2.43. The molecule has 3 aliphatic carbocycles. The first-order chi connectivity index (χ1) is 23.8. The lowest BCUT2D eigenvalue weighted by Crippen LogP contribution is -2.09. The van der Waals surface area contributed by atoms with Crippen molar-refractivity contribution < 1.29 is 0 Å². The molecule has 3 aliphatic rings. The van der Waals surface area contributed by atoms with Crippen LogP contribution in [0.2, 0.25) is 0 Å². The number of aromatic nitrogens is 3. The zero-order valence-electron chi connectivity index (χ0n) is 26.6. The van der Waals surface area contributed by atoms with E-state index in [4.69, 9.17) is 9.97 Å². The molecule has 0 saturated carbocycles. The zero-order valence-corrected chi connectivity index (χ0v) is 27.4. The van der Waals surface area contributed by atoms with E-state index in [0.717, 1.165) is 65.7 Å². The lowest BCUT2D eigenvalue weighted by molar-refractivity contribution is 0.854. The molecule has 4 aromatic carbocycles. The average Bonchev–Trinajstić information content (AvgIpc) is 3.70. The lowest BCUT2D eigenvalue weighted by atomic mass is 9.85. The SMILES string of the molecule is C1=CCC(c2ccc(-c3nc(-n4c5c(c6ccccc64)CCC(C4=Cc6c(sc7ccccc67)CC4)=C5)nc4ccccc34)cc2)C=C1. The van der Waals surface area contributed by atoms with Crippen LogP contribution < -0.4 is 0 Å². The van der Waals surface area contributed by atoms with Crippen LogP contribution in [0.3, 0.4) is 0 Å². The minimum Gasteiger partial charge on any atom is -0.278 e. The largest absolute Gasteiger partial charge is 0.278 e. The van der Waals surface area contributed by atoms with Gasteiger partial charge in [0.1, 0.15) is 0 Å². The van der Waals surface area contributed by atoms with E-state index in [1.165, 1.54) is 53.9 Å². The molecule has 0 saturated heterocycles. The van der Waals surface area contributed by atoms with Crippen LogP contribution in [0.4, 0.5) is 0 Å². The van der Waals surface area contributed by atoms with Gasteiger partial charge >= 0.3 is 0 Å². The highest BCUT2D eigenvalue weighted by Gasteiger charge is 2.26. The van der Waals surface area contributed by atoms with Crippen molar-refractivity contribution in [3.05, 3.63) is 160 Å². The molecule has 10 rings (SSSR count). The van der Waals surface area contributed by atoms with Gasteiger partial charge in [-0.05, 0) is 95.7 Å². The normalized spacial score (nSPS) is 17.0. The number of fused-ring (bicyclic) bond motifs is 7. The van der Waals surface area contributed by atoms with Gasteiger partial charge in [-0.25, -0.2) is 9.97 Å². The summed E-state index contributed by atoms with van der Waals surface area (Å²) in [5.41, 5.74) is 12.5. The molecule has 0 aliphatic heterocycles. The second kappa shape index (κ2) is 11.1. The number of aryl methyl sites for hydroxylation is 2. The Hall–Kier alpha value is -5.32. The number of rotatable bonds is 4. The van der Waals surface area contributed by atoms with Crippen LogP contribution in [-0.2, 0) is 12.8 Å². The Balaban J connectivity index is 1.13. The molecule has 0 spiro atoms. The number of hydrogen-bond donors (Lipinski definition) is 0. The van der Waals surface area contributed by atoms with Gasteiger partial charge in [-0.15, -0.1) is 11.3 Å². The second-order valence-electron chi connectivity index (χ2n) is 13.2. The molecule has 1 unspecified atom stereocenters. The van der Waals surface area contributed by atoms with E-state index in [0.29, 0.717) is 5.92 Å². The molecule has 1 atom stereocenters. The quantitative estimate of drug-likeness (QED) is 0.193. The van der Waals surface area contributed by atoms with E-state index in [1.54, 1.807) is 0 Å². The zero-order chi connectivity index (χ0) is 31.6. The molecule has 0 amide bonds. The van der Waals surface area contributed by atoms with Crippen molar-refractivity contribution in [3.8, 4) is 17.2 Å². The predicted molar refractivity (Wildman–Crippen MR) is 202 cm³/mol. The number of thiophene rings is 1. The number of benzene rings is 4. The van der Waals surface area contributed by atoms with Crippen LogP contribution in [0, 0.1) is 0 Å². The molecule has 0 fully saturated rings. The first-order valence-corrected chi connectivity index (χ1v) is 17.9. The molecule has 0 radical (unpaired) electrons. The van der Waals surface area contributed by atoms with Crippen molar-refractivity contribution in [2.45, 2.75) is 38.0 Å². The van der Waals surface area contributed by atoms with E-state index >= 15 is 0 Å². The van der Waals surface area contributed by atoms with Crippen molar-refractivity contribution in [1.82, 2.24) is 14.5 Å². The summed E-state index contributed by atoms with van der Waals surface area (Å²) in [7, 11) is 0. The molecular formula is C44H33N3S. The molecule has 3 heterocycles. The van der Waals surface area contributed by atoms with Gasteiger partial charge in [-0.1, -0.05) is 103 Å². The summed E-state index contributed by atoms with van der Waals surface area (Å²) in [6.45, 7) is 0. The third-order valence-corrected chi connectivity index (χ3v) is 11.7. The molecular weight excluding hydrogens is 603 g/mol. The summed E-state index contributed by atoms with van der Waals surface area (Å²) in [4.78, 5) is 12.1. The first kappa shape index (κ1) is 27.8. The molecule has 0 N–H and O–H groups in total. The highest BCUT2D eigenvalue weighted by molar-refractivity contribution is 7.19. The lowest BCUT2D eigenvalue weighted by Gasteiger charge is -2.21. The van der Waals surface area contributed by atoms with E-state index < -0.39 is 0 Å². The van der Waals surface area contributed by atoms with Crippen molar-refractivity contribution in [3.63, 3.8) is 0 Å². The second-order valence-corrected chi connectivity index (χ2v) is 14.3. The summed E-state index contributed by atoms with van der Waals surface area (Å²) in [5, 5.41) is 3.75. The van der Waals surface area contributed by atoms with Gasteiger partial charge in [0.05, 0.1) is 22.4 Å². The molecule has 0 bridgehead atoms. The first-order valence-electron chi connectivity index (χ1n) is 17.0. The van der Waals surface area contributed by atoms with Crippen LogP contribution in [0.25, 0.3) is 61.2 Å². The fraction of sp³-hybridized carbons (Fsp3) is 0.136. The molecule has 230 valence electrons. The van der Waals surface area contributed by atoms with Gasteiger partial charge in [-0.3, -0.25) is 4.57 Å². The van der Waals surface area contributed by atoms with Gasteiger partial charge in [0.2, 0.25) is 5.95 Å². The maximum absolute atomic E-state index is 5.39. The summed E-state index contributed by atoms with van der Waals surface area (Å²) in [6, 6.07) is 35.1. The smallest absolute Gasteiger partial charge is 0.235 e. The Morgan fingerprint density at radius 3 is 2.31 bits per heavy atom. The number of allylic oxidation sites excluding steroid dienone is 6. The maximum atomic E-state index is 5.39. The summed E-state index contributed by atoms with van der Waals surface area (Å²) < 4.78 is 3.71. The third kappa shape index (κ3) is 4.47. The summed E-state index contributed by atoms with van der Waals surface area (Å²) in [6.07, 6.45) is 19.0. The molecule has 4 heteroatoms. The van der Waals surface area contributed by atoms with Crippen LogP contribution in [0.15, 0.2) is 133 Å². The van der Waals surface area contributed by atoms with E-state index in [1.807, 2.05) is 11.3 Å². The number of hydrogen-bond acceptors (Lipinski definition) is 3. The Bertz CT molecular complexity index is 2540. The highest BCUT2D eigenvalue weighted by atomic mass is 32.1. The summed E-state index contributed by atoms with van der Waals surface area (Å²) >= 11 is 1.96. The monoisotopic (exact) mass is 635 g/mol. The minimum absolute atomic E-state index is 0.421. The Morgan fingerprint density at radius 2 is 1.44 bits per heavy atom. The minimum atomic E-state index is 0.421. The number of nitrogens with zero attached hydrogens (tertiary/aromatic N) is 3. The van der Waals surface area contributed by atoms with Crippen LogP contribution in [0.5, 0.6) is 0 Å². The van der Waals surface area contributed by atoms with Crippen LogP contribution >= 0.6 is 11.3 Å². The van der Waals surface area contributed by atoms with Crippen molar-refractivity contribution in [2.24, 2.45) is 0 Å². The van der Waals surface area contributed by atoms with Crippen molar-refractivity contribution in [2.75, 3.05) is 0 Å².